The van der Waals surface area contributed by atoms with Gasteiger partial charge in [0.1, 0.15) is 10.7 Å². The summed E-state index contributed by atoms with van der Waals surface area (Å²) < 4.78 is 1.81. The highest BCUT2D eigenvalue weighted by atomic mass is 32.1. The molecule has 1 amide bonds. The van der Waals surface area contributed by atoms with E-state index >= 15 is 0 Å². The number of aryl methyl sites for hydroxylation is 2. The fourth-order valence-corrected chi connectivity index (χ4v) is 5.10. The van der Waals surface area contributed by atoms with Crippen LogP contribution in [-0.2, 0) is 6.54 Å². The van der Waals surface area contributed by atoms with Gasteiger partial charge in [-0.2, -0.15) is 5.10 Å². The third-order valence-electron chi connectivity index (χ3n) is 6.00. The summed E-state index contributed by atoms with van der Waals surface area (Å²) in [5.41, 5.74) is 0.580. The molecule has 0 N–H and O–H groups in total. The largest absolute Gasteiger partial charge is 0.347 e. The van der Waals surface area contributed by atoms with Crippen molar-refractivity contribution in [3.8, 4) is 0 Å². The van der Waals surface area contributed by atoms with Crippen molar-refractivity contribution in [2.45, 2.75) is 46.1 Å². The molecule has 2 aromatic heterocycles. The number of carbonyl (C=O) groups excluding carboxylic acids is 1. The lowest BCUT2D eigenvalue weighted by Gasteiger charge is -2.40. The van der Waals surface area contributed by atoms with Crippen LogP contribution in [0.15, 0.2) is 12.3 Å². The molecule has 7 nitrogen and oxygen atoms in total. The summed E-state index contributed by atoms with van der Waals surface area (Å²) in [6.45, 7) is 8.71. The van der Waals surface area contributed by atoms with Crippen molar-refractivity contribution in [1.29, 1.82) is 0 Å². The second-order valence-corrected chi connectivity index (χ2v) is 8.77. The predicted octanol–water partition coefficient (Wildman–Crippen LogP) is 2.83. The molecule has 0 saturated carbocycles. The Hall–Kier alpha value is -1.96. The van der Waals surface area contributed by atoms with E-state index in [0.717, 1.165) is 67.5 Å². The molecule has 8 heteroatoms. The van der Waals surface area contributed by atoms with E-state index in [0.29, 0.717) is 5.69 Å². The molecule has 146 valence electrons. The zero-order valence-corrected chi connectivity index (χ0v) is 17.0. The van der Waals surface area contributed by atoms with E-state index < -0.39 is 0 Å². The maximum absolute atomic E-state index is 12.6. The van der Waals surface area contributed by atoms with E-state index in [9.17, 15) is 4.79 Å². The standard InChI is InChI=1S/C19H28N6OS/c1-3-25-13-8-17(22-25)18(26)23-9-4-15(5-10-23)16-6-11-24(12-7-16)19-21-20-14(2)27-19/h8,13,15-16H,3-7,9-12H2,1-2H3. The monoisotopic (exact) mass is 388 g/mol. The molecular weight excluding hydrogens is 360 g/mol. The number of likely N-dealkylation sites (tertiary alicyclic amines) is 1. The molecular formula is C19H28N6OS. The van der Waals surface area contributed by atoms with Gasteiger partial charge < -0.3 is 9.80 Å². The van der Waals surface area contributed by atoms with E-state index in [1.807, 2.05) is 35.7 Å². The Kier molecular flexibility index (Phi) is 5.43. The van der Waals surface area contributed by atoms with Crippen molar-refractivity contribution in [2.75, 3.05) is 31.1 Å². The summed E-state index contributed by atoms with van der Waals surface area (Å²) in [4.78, 5) is 17.0. The van der Waals surface area contributed by atoms with Crippen LogP contribution in [0.25, 0.3) is 0 Å². The van der Waals surface area contributed by atoms with Gasteiger partial charge in [0.25, 0.3) is 5.91 Å². The number of nitrogens with zero attached hydrogens (tertiary/aromatic N) is 6. The highest BCUT2D eigenvalue weighted by molar-refractivity contribution is 7.15. The van der Waals surface area contributed by atoms with Gasteiger partial charge in [-0.1, -0.05) is 11.3 Å². The first-order chi connectivity index (χ1) is 13.1. The van der Waals surface area contributed by atoms with E-state index in [4.69, 9.17) is 0 Å². The van der Waals surface area contributed by atoms with Crippen molar-refractivity contribution in [2.24, 2.45) is 11.8 Å². The molecule has 0 bridgehead atoms. The summed E-state index contributed by atoms with van der Waals surface area (Å²) in [5.74, 6) is 1.59. The third-order valence-corrected chi connectivity index (χ3v) is 6.90. The number of carbonyl (C=O) groups is 1. The fraction of sp³-hybridized carbons (Fsp3) is 0.684. The topological polar surface area (TPSA) is 67.2 Å². The highest BCUT2D eigenvalue weighted by Crippen LogP contribution is 2.34. The number of hydrogen-bond acceptors (Lipinski definition) is 6. The van der Waals surface area contributed by atoms with Gasteiger partial charge in [0.2, 0.25) is 5.13 Å². The number of aromatic nitrogens is 4. The molecule has 2 aromatic rings. The molecule has 4 heterocycles. The summed E-state index contributed by atoms with van der Waals surface area (Å²) in [5, 5.41) is 14.9. The van der Waals surface area contributed by atoms with Gasteiger partial charge >= 0.3 is 0 Å². The zero-order chi connectivity index (χ0) is 18.8. The number of amides is 1. The minimum atomic E-state index is 0.0853. The van der Waals surface area contributed by atoms with Gasteiger partial charge in [0.05, 0.1) is 0 Å². The van der Waals surface area contributed by atoms with Crippen molar-refractivity contribution in [1.82, 2.24) is 24.9 Å². The quantitative estimate of drug-likeness (QED) is 0.806. The molecule has 2 aliphatic heterocycles. The van der Waals surface area contributed by atoms with Crippen LogP contribution in [0.4, 0.5) is 5.13 Å². The van der Waals surface area contributed by atoms with Crippen LogP contribution in [0.1, 0.15) is 48.1 Å². The van der Waals surface area contributed by atoms with E-state index in [1.165, 1.54) is 12.8 Å². The molecule has 0 aromatic carbocycles. The number of anilines is 1. The van der Waals surface area contributed by atoms with Gasteiger partial charge in [-0.15, -0.1) is 10.2 Å². The van der Waals surface area contributed by atoms with Gasteiger partial charge in [0.15, 0.2) is 0 Å². The smallest absolute Gasteiger partial charge is 0.274 e. The Morgan fingerprint density at radius 2 is 1.78 bits per heavy atom. The van der Waals surface area contributed by atoms with E-state index in [-0.39, 0.29) is 5.91 Å². The summed E-state index contributed by atoms with van der Waals surface area (Å²) in [7, 11) is 0. The minimum absolute atomic E-state index is 0.0853. The highest BCUT2D eigenvalue weighted by Gasteiger charge is 2.32. The average molecular weight is 389 g/mol. The van der Waals surface area contributed by atoms with Crippen molar-refractivity contribution in [3.63, 3.8) is 0 Å². The lowest BCUT2D eigenvalue weighted by Crippen LogP contribution is -2.43. The first-order valence-electron chi connectivity index (χ1n) is 10.0. The van der Waals surface area contributed by atoms with Gasteiger partial charge in [-0.3, -0.25) is 9.48 Å². The van der Waals surface area contributed by atoms with Crippen molar-refractivity contribution < 1.29 is 4.79 Å². The second-order valence-electron chi connectivity index (χ2n) is 7.61. The van der Waals surface area contributed by atoms with Gasteiger partial charge in [0, 0.05) is 38.9 Å². The van der Waals surface area contributed by atoms with Crippen LogP contribution < -0.4 is 4.90 Å². The fourth-order valence-electron chi connectivity index (χ4n) is 4.36. The molecule has 27 heavy (non-hydrogen) atoms. The molecule has 2 saturated heterocycles. The third kappa shape index (κ3) is 4.00. The average Bonchev–Trinajstić information content (AvgIpc) is 3.37. The minimum Gasteiger partial charge on any atom is -0.347 e. The molecule has 2 fully saturated rings. The van der Waals surface area contributed by atoms with Crippen LogP contribution in [0.3, 0.4) is 0 Å². The molecule has 0 unspecified atom stereocenters. The first-order valence-corrected chi connectivity index (χ1v) is 10.8. The van der Waals surface area contributed by atoms with Crippen molar-refractivity contribution in [3.05, 3.63) is 23.0 Å². The SMILES string of the molecule is CCn1ccc(C(=O)N2CCC(C3CCN(c4nnc(C)s4)CC3)CC2)n1. The van der Waals surface area contributed by atoms with Gasteiger partial charge in [-0.25, -0.2) is 0 Å². The maximum Gasteiger partial charge on any atom is 0.274 e. The van der Waals surface area contributed by atoms with Gasteiger partial charge in [-0.05, 0) is 57.4 Å². The Labute approximate surface area is 164 Å². The number of rotatable bonds is 4. The summed E-state index contributed by atoms with van der Waals surface area (Å²) >= 11 is 1.69. The van der Waals surface area contributed by atoms with Crippen LogP contribution >= 0.6 is 11.3 Å². The van der Waals surface area contributed by atoms with Crippen LogP contribution in [0.2, 0.25) is 0 Å². The molecule has 0 radical (unpaired) electrons. The molecule has 4 rings (SSSR count). The number of piperidine rings is 2. The van der Waals surface area contributed by atoms with E-state index in [2.05, 4.69) is 20.2 Å². The second kappa shape index (κ2) is 7.96. The molecule has 0 atom stereocenters. The Balaban J connectivity index is 1.26. The first kappa shape index (κ1) is 18.4. The van der Waals surface area contributed by atoms with E-state index in [1.54, 1.807) is 11.3 Å². The van der Waals surface area contributed by atoms with Crippen LogP contribution in [0, 0.1) is 18.8 Å². The lowest BCUT2D eigenvalue weighted by atomic mass is 9.79. The Morgan fingerprint density at radius 3 is 2.33 bits per heavy atom. The van der Waals surface area contributed by atoms with Crippen LogP contribution in [0.5, 0.6) is 0 Å². The lowest BCUT2D eigenvalue weighted by molar-refractivity contribution is 0.0639. The zero-order valence-electron chi connectivity index (χ0n) is 16.2. The normalized spacial score (nSPS) is 19.6. The van der Waals surface area contributed by atoms with Crippen LogP contribution in [-0.4, -0.2) is 57.0 Å². The maximum atomic E-state index is 12.6. The Bertz CT molecular complexity index is 771. The Morgan fingerprint density at radius 1 is 1.11 bits per heavy atom. The number of hydrogen-bond donors (Lipinski definition) is 0. The summed E-state index contributed by atoms with van der Waals surface area (Å²) in [6, 6.07) is 1.84. The summed E-state index contributed by atoms with van der Waals surface area (Å²) in [6.07, 6.45) is 6.55. The predicted molar refractivity (Wildman–Crippen MR) is 106 cm³/mol. The molecule has 2 aliphatic rings. The molecule has 0 spiro atoms. The molecule has 0 aliphatic carbocycles. The van der Waals surface area contributed by atoms with Crippen molar-refractivity contribution >= 4 is 22.4 Å².